The fourth-order valence-corrected chi connectivity index (χ4v) is 3.49. The van der Waals surface area contributed by atoms with Crippen molar-refractivity contribution in [2.24, 2.45) is 0 Å². The lowest BCUT2D eigenvalue weighted by atomic mass is 10.1. The molecule has 0 N–H and O–H groups in total. The third-order valence-electron chi connectivity index (χ3n) is 5.10. The molecule has 1 amide bonds. The van der Waals surface area contributed by atoms with Crippen LogP contribution in [0.1, 0.15) is 33.7 Å². The van der Waals surface area contributed by atoms with E-state index in [1.165, 1.54) is 11.1 Å². The normalized spacial score (nSPS) is 17.0. The zero-order valence-corrected chi connectivity index (χ0v) is 15.8. The molecule has 2 aliphatic heterocycles. The fraction of sp³-hybridized carbons (Fsp3) is 0.450. The minimum absolute atomic E-state index is 0.0383. The standard InChI is InChI=1S/C20H24N4O3/c1-14-8-18-19(27-13-26-18)9-16(14)12-23-4-3-5-24(7-6-23)20(25)17-11-21-15(2)10-22-17/h8-11H,3-7,12-13H2,1-2H3. The van der Waals surface area contributed by atoms with E-state index in [1.54, 1.807) is 12.4 Å². The van der Waals surface area contributed by atoms with E-state index >= 15 is 0 Å². The summed E-state index contributed by atoms with van der Waals surface area (Å²) in [6.45, 7) is 8.32. The lowest BCUT2D eigenvalue weighted by Crippen LogP contribution is -2.35. The molecule has 0 unspecified atom stereocenters. The van der Waals surface area contributed by atoms with Crippen LogP contribution < -0.4 is 9.47 Å². The molecular weight excluding hydrogens is 344 g/mol. The molecule has 3 heterocycles. The number of aromatic nitrogens is 2. The second-order valence-corrected chi connectivity index (χ2v) is 7.10. The van der Waals surface area contributed by atoms with Crippen LogP contribution in [0.25, 0.3) is 0 Å². The van der Waals surface area contributed by atoms with Crippen molar-refractivity contribution in [3.63, 3.8) is 0 Å². The van der Waals surface area contributed by atoms with Gasteiger partial charge in [0.2, 0.25) is 6.79 Å². The zero-order valence-electron chi connectivity index (χ0n) is 15.8. The Bertz CT molecular complexity index is 838. The average Bonchev–Trinajstić information content (AvgIpc) is 2.98. The molecule has 27 heavy (non-hydrogen) atoms. The van der Waals surface area contributed by atoms with Crippen LogP contribution in [-0.4, -0.2) is 58.6 Å². The first-order chi connectivity index (χ1) is 13.1. The first-order valence-corrected chi connectivity index (χ1v) is 9.29. The van der Waals surface area contributed by atoms with Crippen molar-refractivity contribution in [1.29, 1.82) is 0 Å². The molecule has 142 valence electrons. The average molecular weight is 368 g/mol. The van der Waals surface area contributed by atoms with E-state index in [-0.39, 0.29) is 5.91 Å². The van der Waals surface area contributed by atoms with E-state index < -0.39 is 0 Å². The van der Waals surface area contributed by atoms with Crippen LogP contribution in [0.2, 0.25) is 0 Å². The van der Waals surface area contributed by atoms with Crippen LogP contribution in [0.15, 0.2) is 24.5 Å². The molecule has 2 aromatic rings. The van der Waals surface area contributed by atoms with Crippen LogP contribution in [0, 0.1) is 13.8 Å². The van der Waals surface area contributed by atoms with Gasteiger partial charge in [0.05, 0.1) is 11.9 Å². The summed E-state index contributed by atoms with van der Waals surface area (Å²) in [6.07, 6.45) is 4.14. The summed E-state index contributed by atoms with van der Waals surface area (Å²) in [5.41, 5.74) is 3.67. The van der Waals surface area contributed by atoms with E-state index in [1.807, 2.05) is 17.9 Å². The Morgan fingerprint density at radius 3 is 2.63 bits per heavy atom. The molecule has 1 fully saturated rings. The quantitative estimate of drug-likeness (QED) is 0.827. The molecule has 7 heteroatoms. The fourth-order valence-electron chi connectivity index (χ4n) is 3.49. The van der Waals surface area contributed by atoms with Gasteiger partial charge in [0.25, 0.3) is 5.91 Å². The highest BCUT2D eigenvalue weighted by Gasteiger charge is 2.22. The molecule has 0 bridgehead atoms. The molecule has 2 aliphatic rings. The maximum absolute atomic E-state index is 12.7. The summed E-state index contributed by atoms with van der Waals surface area (Å²) in [5, 5.41) is 0. The largest absolute Gasteiger partial charge is 0.454 e. The smallest absolute Gasteiger partial charge is 0.274 e. The highest BCUT2D eigenvalue weighted by Crippen LogP contribution is 2.35. The molecule has 0 saturated carbocycles. The Morgan fingerprint density at radius 1 is 1.04 bits per heavy atom. The van der Waals surface area contributed by atoms with Crippen molar-refractivity contribution in [3.05, 3.63) is 47.0 Å². The number of nitrogens with zero attached hydrogens (tertiary/aromatic N) is 4. The van der Waals surface area contributed by atoms with Crippen molar-refractivity contribution >= 4 is 5.91 Å². The summed E-state index contributed by atoms with van der Waals surface area (Å²) in [4.78, 5) is 25.4. The highest BCUT2D eigenvalue weighted by atomic mass is 16.7. The molecular formula is C20H24N4O3. The van der Waals surface area contributed by atoms with Crippen molar-refractivity contribution in [2.75, 3.05) is 33.0 Å². The van der Waals surface area contributed by atoms with Gasteiger partial charge in [-0.05, 0) is 43.5 Å². The second-order valence-electron chi connectivity index (χ2n) is 7.10. The number of aryl methyl sites for hydroxylation is 2. The van der Waals surface area contributed by atoms with Crippen molar-refractivity contribution in [2.45, 2.75) is 26.8 Å². The van der Waals surface area contributed by atoms with E-state index in [2.05, 4.69) is 27.9 Å². The third kappa shape index (κ3) is 3.88. The number of carbonyl (C=O) groups is 1. The Hall–Kier alpha value is -2.67. The van der Waals surface area contributed by atoms with Gasteiger partial charge in [0.15, 0.2) is 11.5 Å². The number of carbonyl (C=O) groups excluding carboxylic acids is 1. The minimum atomic E-state index is -0.0383. The van der Waals surface area contributed by atoms with Crippen molar-refractivity contribution < 1.29 is 14.3 Å². The number of hydrogen-bond acceptors (Lipinski definition) is 6. The van der Waals surface area contributed by atoms with Gasteiger partial charge in [-0.1, -0.05) is 0 Å². The lowest BCUT2D eigenvalue weighted by molar-refractivity contribution is 0.0754. The minimum Gasteiger partial charge on any atom is -0.454 e. The van der Waals surface area contributed by atoms with Crippen LogP contribution in [0.4, 0.5) is 0 Å². The third-order valence-corrected chi connectivity index (χ3v) is 5.10. The Morgan fingerprint density at radius 2 is 1.85 bits per heavy atom. The molecule has 4 rings (SSSR count). The monoisotopic (exact) mass is 368 g/mol. The Kier molecular flexibility index (Phi) is 4.94. The van der Waals surface area contributed by atoms with Gasteiger partial charge in [-0.25, -0.2) is 4.98 Å². The van der Waals surface area contributed by atoms with Crippen molar-refractivity contribution in [1.82, 2.24) is 19.8 Å². The number of ether oxygens (including phenoxy) is 2. The molecule has 0 atom stereocenters. The van der Waals surface area contributed by atoms with Gasteiger partial charge < -0.3 is 14.4 Å². The number of fused-ring (bicyclic) bond motifs is 1. The lowest BCUT2D eigenvalue weighted by Gasteiger charge is -2.22. The van der Waals surface area contributed by atoms with Gasteiger partial charge in [0.1, 0.15) is 5.69 Å². The Labute approximate surface area is 158 Å². The van der Waals surface area contributed by atoms with E-state index in [0.717, 1.165) is 49.8 Å². The molecule has 0 radical (unpaired) electrons. The van der Waals surface area contributed by atoms with Crippen LogP contribution >= 0.6 is 0 Å². The van der Waals surface area contributed by atoms with Crippen molar-refractivity contribution in [3.8, 4) is 11.5 Å². The number of amides is 1. The van der Waals surface area contributed by atoms with Gasteiger partial charge >= 0.3 is 0 Å². The molecule has 1 aromatic heterocycles. The van der Waals surface area contributed by atoms with E-state index in [0.29, 0.717) is 19.0 Å². The SMILES string of the molecule is Cc1cnc(C(=O)N2CCCN(Cc3cc4c(cc3C)OCO4)CC2)cn1. The molecule has 7 nitrogen and oxygen atoms in total. The molecule has 0 aliphatic carbocycles. The van der Waals surface area contributed by atoms with Gasteiger partial charge in [-0.2, -0.15) is 0 Å². The topological polar surface area (TPSA) is 67.8 Å². The predicted octanol–water partition coefficient (Wildman–Crippen LogP) is 2.17. The Balaban J connectivity index is 1.40. The number of benzene rings is 1. The molecule has 1 saturated heterocycles. The van der Waals surface area contributed by atoms with E-state index in [9.17, 15) is 4.79 Å². The summed E-state index contributed by atoms with van der Waals surface area (Å²) in [5.74, 6) is 1.60. The summed E-state index contributed by atoms with van der Waals surface area (Å²) < 4.78 is 11.0. The summed E-state index contributed by atoms with van der Waals surface area (Å²) in [7, 11) is 0. The van der Waals surface area contributed by atoms with Crippen LogP contribution in [-0.2, 0) is 6.54 Å². The van der Waals surface area contributed by atoms with E-state index in [4.69, 9.17) is 9.47 Å². The highest BCUT2D eigenvalue weighted by molar-refractivity contribution is 5.92. The van der Waals surface area contributed by atoms with Gasteiger partial charge in [-0.3, -0.25) is 14.7 Å². The molecule has 1 aromatic carbocycles. The first-order valence-electron chi connectivity index (χ1n) is 9.29. The number of hydrogen-bond donors (Lipinski definition) is 0. The summed E-state index contributed by atoms with van der Waals surface area (Å²) in [6, 6.07) is 4.12. The zero-order chi connectivity index (χ0) is 18.8. The molecule has 0 spiro atoms. The first kappa shape index (κ1) is 17.7. The maximum atomic E-state index is 12.7. The maximum Gasteiger partial charge on any atom is 0.274 e. The van der Waals surface area contributed by atoms with Gasteiger partial charge in [-0.15, -0.1) is 0 Å². The van der Waals surface area contributed by atoms with Gasteiger partial charge in [0, 0.05) is 38.9 Å². The second kappa shape index (κ2) is 7.52. The van der Waals surface area contributed by atoms with Crippen LogP contribution in [0.5, 0.6) is 11.5 Å². The summed E-state index contributed by atoms with van der Waals surface area (Å²) >= 11 is 0. The predicted molar refractivity (Wildman–Crippen MR) is 99.9 cm³/mol. The number of rotatable bonds is 3. The van der Waals surface area contributed by atoms with Crippen LogP contribution in [0.3, 0.4) is 0 Å².